The number of hydrogen-bond acceptors (Lipinski definition) is 21. The van der Waals surface area contributed by atoms with Crippen LogP contribution in [0.2, 0.25) is 0 Å². The van der Waals surface area contributed by atoms with E-state index in [9.17, 15) is 25.2 Å². The predicted molar refractivity (Wildman–Crippen MR) is 272 cm³/mol. The van der Waals surface area contributed by atoms with Gasteiger partial charge in [-0.1, -0.05) is 56.0 Å². The van der Waals surface area contributed by atoms with Gasteiger partial charge in [0.05, 0.1) is 65.3 Å². The van der Waals surface area contributed by atoms with Crippen molar-refractivity contribution in [1.82, 2.24) is 0 Å². The van der Waals surface area contributed by atoms with E-state index in [-0.39, 0.29) is 61.6 Å². The van der Waals surface area contributed by atoms with Crippen molar-refractivity contribution in [3.05, 3.63) is 24.3 Å². The summed E-state index contributed by atoms with van der Waals surface area (Å²) in [4.78, 5) is 39.1. The van der Waals surface area contributed by atoms with Crippen LogP contribution in [-0.4, -0.2) is 196 Å². The van der Waals surface area contributed by atoms with E-state index in [0.717, 1.165) is 30.4 Å². The molecule has 77 heavy (non-hydrogen) atoms. The molecule has 0 amide bonds. The fourth-order valence-electron chi connectivity index (χ4n) is 14.6. The Morgan fingerprint density at radius 1 is 0.623 bits per heavy atom. The van der Waals surface area contributed by atoms with Crippen LogP contribution in [0.25, 0.3) is 0 Å². The lowest BCUT2D eigenvalue weighted by atomic mass is 9.84. The Kier molecular flexibility index (Phi) is 17.0. The monoisotopic (exact) mass is 1200 g/mol. The maximum Gasteiger partial charge on any atom is 0.308 e. The number of aliphatic hydroxyl groups is 4. The SMILES string of the molecule is C=C1C[C@@H]2CC[C@]34OC([C@@H]5O[C@H]6CC[C@H](CC(=O)O[C@@H]7CC8OC9CC[C@@H]%10OO[C@H]%11C[C@@H](O)[C@@H](CCOC)O[C@H]%11[C@@H](C)CCC[C@@H]%10OO[C@@H]9O[C@@H]8O[C@H]7C[C@H]7O[C@@H](CC[C@@H]1O2)C[C@@H](C)C7=C)O[C@@H]6[C@H](O3)[C@@H]5I)C(O)(O)[C@H]4O. The molecule has 0 aromatic carbocycles. The first kappa shape index (κ1) is 56.4. The van der Waals surface area contributed by atoms with Gasteiger partial charge in [-0.05, 0) is 100 Å². The number of fused-ring (bicyclic) bond motifs is 13. The van der Waals surface area contributed by atoms with E-state index in [1.54, 1.807) is 7.11 Å². The van der Waals surface area contributed by atoms with Crippen molar-refractivity contribution >= 4 is 28.6 Å². The standard InChI is InChI=1S/C55H81IO21/c1-25-7-6-8-35-36(74-76-42-22-32(57)34(16-18-62-5)68-46(25)42)13-14-38-52(77-75-35)71-51-43(66-38)24-40-41(70-51)23-39-28(4)26(2)19-29(64-39)9-11-33-27(3)20-31(63-33)15-17-54-53(59)55(60,61)50(73-54)49-45(56)48(72-54)47-37(69-49)12-10-30(65-47)21-44(58)67-40/h25-26,29-43,45-53,57,59-61H,3-4,6-24H2,1-2,5H3/t25-,26+,29-,30+,31-,32+,33-,34+,35-,36-,37-,38?,39+,40+,41-,42-,43?,45-,46-,47-,48+,49+,50?,51-,52-,53-,54+/m0/s1. The Hall–Kier alpha value is -1.08. The summed E-state index contributed by atoms with van der Waals surface area (Å²) in [5, 5.41) is 45.6. The molecule has 4 N–H and O–H groups in total. The van der Waals surface area contributed by atoms with Gasteiger partial charge in [0.2, 0.25) is 17.9 Å². The predicted octanol–water partition coefficient (Wildman–Crippen LogP) is 4.37. The fraction of sp³-hybridized carbons (Fsp3) is 0.909. The fourth-order valence-corrected chi connectivity index (χ4v) is 15.7. The van der Waals surface area contributed by atoms with Crippen molar-refractivity contribution in [3.8, 4) is 0 Å². The molecule has 0 aliphatic carbocycles. The zero-order chi connectivity index (χ0) is 53.5. The van der Waals surface area contributed by atoms with Gasteiger partial charge in [-0.15, -0.1) is 0 Å². The molecular weight excluding hydrogens is 1120 g/mol. The molecule has 0 radical (unpaired) electrons. The summed E-state index contributed by atoms with van der Waals surface area (Å²) in [5.41, 5.74) is 1.90. The average Bonchev–Trinajstić information content (AvgIpc) is 4.10. The van der Waals surface area contributed by atoms with Crippen molar-refractivity contribution in [2.75, 3.05) is 13.7 Å². The normalized spacial score (nSPS) is 52.3. The summed E-state index contributed by atoms with van der Waals surface area (Å²) in [5.74, 6) is -4.65. The summed E-state index contributed by atoms with van der Waals surface area (Å²) in [6.45, 7) is 13.7. The van der Waals surface area contributed by atoms with Gasteiger partial charge in [-0.3, -0.25) is 4.79 Å². The van der Waals surface area contributed by atoms with Crippen LogP contribution in [0.1, 0.15) is 129 Å². The zero-order valence-electron chi connectivity index (χ0n) is 44.5. The molecule has 0 aromatic heterocycles. The largest absolute Gasteiger partial charge is 0.459 e. The van der Waals surface area contributed by atoms with Gasteiger partial charge in [0.15, 0.2) is 12.4 Å². The molecule has 0 saturated carbocycles. The van der Waals surface area contributed by atoms with Crippen LogP contribution in [-0.2, 0) is 81.2 Å². The van der Waals surface area contributed by atoms with Crippen molar-refractivity contribution < 1.29 is 102 Å². The van der Waals surface area contributed by atoms with Gasteiger partial charge in [-0.2, -0.15) is 0 Å². The first-order valence-corrected chi connectivity index (χ1v) is 30.0. The second-order valence-electron chi connectivity index (χ2n) is 24.4. The number of ether oxygens (including phenoxy) is 12. The Labute approximate surface area is 463 Å². The van der Waals surface area contributed by atoms with Crippen molar-refractivity contribution in [3.63, 3.8) is 0 Å². The molecule has 12 fully saturated rings. The average molecular weight is 1210 g/mol. The van der Waals surface area contributed by atoms with Gasteiger partial charge in [0, 0.05) is 39.4 Å². The highest BCUT2D eigenvalue weighted by atomic mass is 127. The number of carbonyl (C=O) groups is 1. The third-order valence-electron chi connectivity index (χ3n) is 19.0. The molecular formula is C55H81IO21. The van der Waals surface area contributed by atoms with Crippen LogP contribution in [0.15, 0.2) is 24.3 Å². The minimum absolute atomic E-state index is 0.0699. The minimum atomic E-state index is -2.64. The Bertz CT molecular complexity index is 2100. The number of rotatable bonds is 3. The van der Waals surface area contributed by atoms with Gasteiger partial charge < -0.3 is 77.3 Å². The molecule has 1 spiro atoms. The summed E-state index contributed by atoms with van der Waals surface area (Å²) in [7, 11) is 1.64. The van der Waals surface area contributed by atoms with Gasteiger partial charge >= 0.3 is 5.97 Å². The molecule has 10 bridgehead atoms. The third-order valence-corrected chi connectivity index (χ3v) is 20.5. The molecule has 21 nitrogen and oxygen atoms in total. The van der Waals surface area contributed by atoms with E-state index < -0.39 is 132 Å². The van der Waals surface area contributed by atoms with Gasteiger partial charge in [-0.25, -0.2) is 19.6 Å². The van der Waals surface area contributed by atoms with E-state index in [1.807, 2.05) is 0 Å². The van der Waals surface area contributed by atoms with E-state index in [0.29, 0.717) is 83.7 Å². The summed E-state index contributed by atoms with van der Waals surface area (Å²) < 4.78 is 78.1. The van der Waals surface area contributed by atoms with Crippen LogP contribution >= 0.6 is 22.6 Å². The molecule has 12 aliphatic rings. The molecule has 22 heteroatoms. The molecule has 27 atom stereocenters. The Morgan fingerprint density at radius 3 is 2.22 bits per heavy atom. The van der Waals surface area contributed by atoms with E-state index in [2.05, 4.69) is 49.6 Å². The van der Waals surface area contributed by atoms with Crippen LogP contribution < -0.4 is 0 Å². The number of esters is 1. The number of alkyl halides is 1. The zero-order valence-corrected chi connectivity index (χ0v) is 46.6. The van der Waals surface area contributed by atoms with E-state index >= 15 is 0 Å². The summed E-state index contributed by atoms with van der Waals surface area (Å²) in [6.07, 6.45) is -5.79. The molecule has 12 rings (SSSR count). The third kappa shape index (κ3) is 11.3. The lowest BCUT2D eigenvalue weighted by Crippen LogP contribution is -2.68. The number of halogens is 1. The lowest BCUT2D eigenvalue weighted by molar-refractivity contribution is -0.491. The van der Waals surface area contributed by atoms with Crippen LogP contribution in [0.5, 0.6) is 0 Å². The first-order chi connectivity index (χ1) is 37.0. The van der Waals surface area contributed by atoms with E-state index in [1.165, 1.54) is 0 Å². The maximum absolute atomic E-state index is 14.4. The molecule has 12 aliphatic heterocycles. The lowest BCUT2D eigenvalue weighted by Gasteiger charge is -2.51. The maximum atomic E-state index is 14.4. The van der Waals surface area contributed by atoms with Gasteiger partial charge in [0.25, 0.3) is 0 Å². The Morgan fingerprint density at radius 2 is 1.38 bits per heavy atom. The van der Waals surface area contributed by atoms with Crippen LogP contribution in [0, 0.1) is 11.8 Å². The molecule has 3 unspecified atom stereocenters. The molecule has 434 valence electrons. The summed E-state index contributed by atoms with van der Waals surface area (Å²) in [6, 6.07) is 0. The van der Waals surface area contributed by atoms with Crippen molar-refractivity contribution in [2.24, 2.45) is 11.8 Å². The second-order valence-corrected chi connectivity index (χ2v) is 25.8. The van der Waals surface area contributed by atoms with E-state index in [4.69, 9.17) is 76.4 Å². The number of aliphatic hydroxyl groups excluding tert-OH is 2. The van der Waals surface area contributed by atoms with Crippen molar-refractivity contribution in [1.29, 1.82) is 0 Å². The number of hydrogen-bond donors (Lipinski definition) is 4. The second kappa shape index (κ2) is 23.2. The molecule has 12 saturated heterocycles. The highest BCUT2D eigenvalue weighted by Gasteiger charge is 2.72. The van der Waals surface area contributed by atoms with Crippen molar-refractivity contribution in [2.45, 2.75) is 286 Å². The summed E-state index contributed by atoms with van der Waals surface area (Å²) >= 11 is 2.20. The first-order valence-electron chi connectivity index (χ1n) is 28.8. The highest BCUT2D eigenvalue weighted by Crippen LogP contribution is 2.53. The van der Waals surface area contributed by atoms with Gasteiger partial charge in [0.1, 0.15) is 67.1 Å². The quantitative estimate of drug-likeness (QED) is 0.0766. The number of methoxy groups -OCH3 is 1. The molecule has 12 heterocycles. The minimum Gasteiger partial charge on any atom is -0.459 e. The highest BCUT2D eigenvalue weighted by molar-refractivity contribution is 14.1. The Balaban J connectivity index is 0.764. The number of carbonyl (C=O) groups excluding carboxylic acids is 1. The smallest absolute Gasteiger partial charge is 0.308 e. The van der Waals surface area contributed by atoms with Crippen LogP contribution in [0.4, 0.5) is 0 Å². The topological polar surface area (TPSA) is 246 Å². The molecule has 0 aromatic rings. The van der Waals surface area contributed by atoms with Crippen LogP contribution in [0.3, 0.4) is 0 Å².